The van der Waals surface area contributed by atoms with E-state index >= 15 is 0 Å². The van der Waals surface area contributed by atoms with Gasteiger partial charge in [-0.05, 0) is 42.9 Å². The van der Waals surface area contributed by atoms with Gasteiger partial charge in [-0.25, -0.2) is 13.1 Å². The van der Waals surface area contributed by atoms with Crippen molar-refractivity contribution in [3.05, 3.63) is 29.8 Å². The molecule has 1 saturated carbocycles. The third-order valence-corrected chi connectivity index (χ3v) is 5.91. The molecule has 1 fully saturated rings. The van der Waals surface area contributed by atoms with Gasteiger partial charge in [-0.2, -0.15) is 0 Å². The molecule has 1 aliphatic carbocycles. The molecule has 2 N–H and O–H groups in total. The summed E-state index contributed by atoms with van der Waals surface area (Å²) in [5, 5.41) is 9.90. The van der Waals surface area contributed by atoms with Crippen molar-refractivity contribution in [3.63, 3.8) is 0 Å². The van der Waals surface area contributed by atoms with Crippen molar-refractivity contribution in [3.8, 4) is 0 Å². The maximum absolute atomic E-state index is 12.4. The highest BCUT2D eigenvalue weighted by molar-refractivity contribution is 7.89. The summed E-state index contributed by atoms with van der Waals surface area (Å²) in [7, 11) is -3.55. The monoisotopic (exact) mass is 311 g/mol. The molecular formula is C16H25NO3S. The summed E-state index contributed by atoms with van der Waals surface area (Å²) in [6, 6.07) is 6.69. The molecule has 2 rings (SSSR count). The van der Waals surface area contributed by atoms with E-state index in [0.717, 1.165) is 24.8 Å². The number of hydrogen-bond donors (Lipinski definition) is 2. The van der Waals surface area contributed by atoms with Crippen LogP contribution >= 0.6 is 0 Å². The zero-order valence-corrected chi connectivity index (χ0v) is 13.6. The lowest BCUT2D eigenvalue weighted by Gasteiger charge is -2.28. The summed E-state index contributed by atoms with van der Waals surface area (Å²) in [5.74, 6) is 0.426. The molecule has 0 spiro atoms. The van der Waals surface area contributed by atoms with Crippen LogP contribution in [0.4, 0.5) is 0 Å². The van der Waals surface area contributed by atoms with E-state index in [9.17, 15) is 13.5 Å². The fourth-order valence-corrected chi connectivity index (χ4v) is 4.03. The molecular weight excluding hydrogens is 286 g/mol. The van der Waals surface area contributed by atoms with E-state index < -0.39 is 16.1 Å². The van der Waals surface area contributed by atoms with Crippen LogP contribution in [-0.4, -0.2) is 25.7 Å². The van der Waals surface area contributed by atoms with Crippen molar-refractivity contribution >= 4 is 10.0 Å². The second-order valence-corrected chi connectivity index (χ2v) is 7.67. The number of aliphatic hydroxyl groups excluding tert-OH is 1. The highest BCUT2D eigenvalue weighted by Gasteiger charge is 2.28. The third-order valence-electron chi connectivity index (χ3n) is 4.41. The smallest absolute Gasteiger partial charge is 0.240 e. The number of sulfonamides is 1. The average Bonchev–Trinajstić information content (AvgIpc) is 2.49. The molecule has 118 valence electrons. The molecule has 0 bridgehead atoms. The minimum Gasteiger partial charge on any atom is -0.391 e. The van der Waals surface area contributed by atoms with E-state index in [2.05, 4.69) is 18.6 Å². The minimum absolute atomic E-state index is 0.271. The number of hydrogen-bond acceptors (Lipinski definition) is 3. The highest BCUT2D eigenvalue weighted by atomic mass is 32.2. The summed E-state index contributed by atoms with van der Waals surface area (Å²) in [4.78, 5) is 0.271. The van der Waals surface area contributed by atoms with Crippen LogP contribution in [0.3, 0.4) is 0 Å². The van der Waals surface area contributed by atoms with E-state index in [-0.39, 0.29) is 10.9 Å². The van der Waals surface area contributed by atoms with Crippen LogP contribution in [0.15, 0.2) is 29.2 Å². The summed E-state index contributed by atoms with van der Waals surface area (Å²) in [5.41, 5.74) is 1.15. The van der Waals surface area contributed by atoms with Gasteiger partial charge in [-0.3, -0.25) is 0 Å². The van der Waals surface area contributed by atoms with Crippen molar-refractivity contribution in [1.82, 2.24) is 4.72 Å². The second-order valence-electron chi connectivity index (χ2n) is 5.96. The zero-order chi connectivity index (χ0) is 15.5. The van der Waals surface area contributed by atoms with Crippen LogP contribution < -0.4 is 4.72 Å². The topological polar surface area (TPSA) is 66.4 Å². The fraction of sp³-hybridized carbons (Fsp3) is 0.625. The van der Waals surface area contributed by atoms with Gasteiger partial charge in [0, 0.05) is 6.04 Å². The lowest BCUT2D eigenvalue weighted by molar-refractivity contribution is 0.101. The first-order valence-electron chi connectivity index (χ1n) is 7.74. The van der Waals surface area contributed by atoms with Gasteiger partial charge >= 0.3 is 0 Å². The van der Waals surface area contributed by atoms with Gasteiger partial charge in [0.15, 0.2) is 0 Å². The average molecular weight is 311 g/mol. The highest BCUT2D eigenvalue weighted by Crippen LogP contribution is 2.23. The SMILES string of the molecule is CCC(C)c1ccc(S(=O)(=O)N[C@H]2CCCC[C@@H]2O)cc1. The van der Waals surface area contributed by atoms with Crippen LogP contribution in [0.5, 0.6) is 0 Å². The molecule has 0 aromatic heterocycles. The molecule has 0 aliphatic heterocycles. The predicted octanol–water partition coefficient (Wildman–Crippen LogP) is 2.78. The van der Waals surface area contributed by atoms with Crippen LogP contribution in [0.2, 0.25) is 0 Å². The Morgan fingerprint density at radius 1 is 1.24 bits per heavy atom. The summed E-state index contributed by atoms with van der Waals surface area (Å²) in [6.45, 7) is 4.24. The second kappa shape index (κ2) is 6.90. The first kappa shape index (κ1) is 16.5. The third kappa shape index (κ3) is 4.05. The van der Waals surface area contributed by atoms with Crippen molar-refractivity contribution in [1.29, 1.82) is 0 Å². The lowest BCUT2D eigenvalue weighted by Crippen LogP contribution is -2.44. The molecule has 0 heterocycles. The van der Waals surface area contributed by atoms with Crippen molar-refractivity contribution in [2.75, 3.05) is 0 Å². The molecule has 1 aromatic carbocycles. The quantitative estimate of drug-likeness (QED) is 0.878. The first-order valence-corrected chi connectivity index (χ1v) is 9.22. The largest absolute Gasteiger partial charge is 0.391 e. The van der Waals surface area contributed by atoms with Gasteiger partial charge in [0.2, 0.25) is 10.0 Å². The van der Waals surface area contributed by atoms with Crippen molar-refractivity contribution in [2.24, 2.45) is 0 Å². The summed E-state index contributed by atoms with van der Waals surface area (Å²) in [6.07, 6.45) is 3.73. The molecule has 5 heteroatoms. The molecule has 1 unspecified atom stereocenters. The molecule has 1 aliphatic rings. The van der Waals surface area contributed by atoms with Crippen molar-refractivity contribution in [2.45, 2.75) is 68.9 Å². The van der Waals surface area contributed by atoms with Crippen LogP contribution in [0.25, 0.3) is 0 Å². The van der Waals surface area contributed by atoms with E-state index in [1.165, 1.54) is 0 Å². The Bertz CT molecular complexity index is 553. The molecule has 21 heavy (non-hydrogen) atoms. The van der Waals surface area contributed by atoms with Crippen LogP contribution in [-0.2, 0) is 10.0 Å². The van der Waals surface area contributed by atoms with E-state index in [4.69, 9.17) is 0 Å². The summed E-state index contributed by atoms with van der Waals surface area (Å²) < 4.78 is 27.4. The van der Waals surface area contributed by atoms with Crippen LogP contribution in [0, 0.1) is 0 Å². The molecule has 0 amide bonds. The molecule has 4 nitrogen and oxygen atoms in total. The van der Waals surface area contributed by atoms with E-state index in [0.29, 0.717) is 18.8 Å². The number of aliphatic hydroxyl groups is 1. The Kier molecular flexibility index (Phi) is 5.41. The number of rotatable bonds is 5. The fourth-order valence-electron chi connectivity index (χ4n) is 2.73. The van der Waals surface area contributed by atoms with E-state index in [1.807, 2.05) is 12.1 Å². The Labute approximate surface area is 127 Å². The van der Waals surface area contributed by atoms with Gasteiger partial charge in [0.05, 0.1) is 11.0 Å². The zero-order valence-electron chi connectivity index (χ0n) is 12.7. The lowest BCUT2D eigenvalue weighted by atomic mass is 9.93. The normalized spacial score (nSPS) is 24.7. The Morgan fingerprint density at radius 2 is 1.86 bits per heavy atom. The van der Waals surface area contributed by atoms with Gasteiger partial charge in [0.25, 0.3) is 0 Å². The maximum Gasteiger partial charge on any atom is 0.240 e. The molecule has 3 atom stereocenters. The molecule has 0 radical (unpaired) electrons. The summed E-state index contributed by atoms with van der Waals surface area (Å²) >= 11 is 0. The standard InChI is InChI=1S/C16H25NO3S/c1-3-12(2)13-8-10-14(11-9-13)21(19,20)17-15-6-4-5-7-16(15)18/h8-12,15-18H,3-7H2,1-2H3/t12?,15-,16-/m0/s1. The molecule has 0 saturated heterocycles. The minimum atomic E-state index is -3.55. The van der Waals surface area contributed by atoms with Crippen molar-refractivity contribution < 1.29 is 13.5 Å². The van der Waals surface area contributed by atoms with Gasteiger partial charge in [-0.15, -0.1) is 0 Å². The maximum atomic E-state index is 12.4. The van der Waals surface area contributed by atoms with Crippen LogP contribution in [0.1, 0.15) is 57.4 Å². The van der Waals surface area contributed by atoms with E-state index in [1.54, 1.807) is 12.1 Å². The molecule has 1 aromatic rings. The van der Waals surface area contributed by atoms with Gasteiger partial charge in [0.1, 0.15) is 0 Å². The Hall–Kier alpha value is -0.910. The number of benzene rings is 1. The predicted molar refractivity (Wildman–Crippen MR) is 83.7 cm³/mol. The Morgan fingerprint density at radius 3 is 2.43 bits per heavy atom. The van der Waals surface area contributed by atoms with Gasteiger partial charge in [-0.1, -0.05) is 38.8 Å². The first-order chi connectivity index (χ1) is 9.94. The Balaban J connectivity index is 2.12. The number of nitrogens with one attached hydrogen (secondary N) is 1. The van der Waals surface area contributed by atoms with Gasteiger partial charge < -0.3 is 5.11 Å².